The van der Waals surface area contributed by atoms with Gasteiger partial charge < -0.3 is 19.4 Å². The fourth-order valence-electron chi connectivity index (χ4n) is 8.84. The number of rotatable bonds is 7. The summed E-state index contributed by atoms with van der Waals surface area (Å²) in [6.45, 7) is 3.81. The minimum absolute atomic E-state index is 0.00377. The normalized spacial score (nSPS) is 21.0. The summed E-state index contributed by atoms with van der Waals surface area (Å²) in [5.74, 6) is -1.08. The molecule has 294 valence electrons. The number of ether oxygens (including phenoxy) is 1. The van der Waals surface area contributed by atoms with Crippen LogP contribution in [-0.4, -0.2) is 102 Å². The number of carbonyl (C=O) groups excluding carboxylic acids is 6. The molecule has 6 amide bonds. The quantitative estimate of drug-likeness (QED) is 0.328. The highest BCUT2D eigenvalue weighted by atomic mass is 35.5. The average Bonchev–Trinajstić information content (AvgIpc) is 3.48. The third-order valence-corrected chi connectivity index (χ3v) is 12.5. The van der Waals surface area contributed by atoms with E-state index in [1.54, 1.807) is 30.3 Å². The first kappa shape index (κ1) is 38.1. The Balaban J connectivity index is 0.785. The van der Waals surface area contributed by atoms with Crippen molar-refractivity contribution in [1.82, 2.24) is 20.0 Å². The van der Waals surface area contributed by atoms with E-state index in [1.807, 2.05) is 46.2 Å². The molecular formula is C43H43ClN6O7. The monoisotopic (exact) mass is 790 g/mol. The highest BCUT2D eigenvalue weighted by Gasteiger charge is 2.45. The first-order valence-corrected chi connectivity index (χ1v) is 20.1. The number of carbonyl (C=O) groups is 6. The van der Waals surface area contributed by atoms with E-state index in [0.29, 0.717) is 92.8 Å². The summed E-state index contributed by atoms with van der Waals surface area (Å²) in [5.41, 5.74) is 3.53. The van der Waals surface area contributed by atoms with Gasteiger partial charge in [-0.1, -0.05) is 23.7 Å². The van der Waals surface area contributed by atoms with E-state index in [-0.39, 0.29) is 47.8 Å². The van der Waals surface area contributed by atoms with Crippen molar-refractivity contribution in [3.63, 3.8) is 0 Å². The molecule has 5 aliphatic heterocycles. The molecule has 3 aromatic rings. The third kappa shape index (κ3) is 7.70. The number of likely N-dealkylation sites (tertiary alicyclic amines) is 2. The lowest BCUT2D eigenvalue weighted by Gasteiger charge is -2.38. The van der Waals surface area contributed by atoms with Gasteiger partial charge in [0.2, 0.25) is 17.7 Å². The minimum atomic E-state index is -1.01. The van der Waals surface area contributed by atoms with Crippen LogP contribution in [0.1, 0.15) is 99.5 Å². The molecule has 1 N–H and O–H groups in total. The van der Waals surface area contributed by atoms with Crippen LogP contribution >= 0.6 is 11.6 Å². The zero-order valence-electron chi connectivity index (χ0n) is 31.5. The maximum Gasteiger partial charge on any atom is 0.262 e. The molecule has 1 atom stereocenters. The Morgan fingerprint density at radius 2 is 1.44 bits per heavy atom. The molecule has 5 aliphatic rings. The summed E-state index contributed by atoms with van der Waals surface area (Å²) in [4.78, 5) is 84.4. The first-order valence-electron chi connectivity index (χ1n) is 19.7. The molecule has 3 aromatic carbocycles. The van der Waals surface area contributed by atoms with Gasteiger partial charge in [0.1, 0.15) is 24.0 Å². The molecular weight excluding hydrogens is 748 g/mol. The molecule has 0 spiro atoms. The SMILES string of the molecule is N#Cc1ccc(OC2CCN(C(=O)c3ccc(C4CCN(C(=O)C5CCN(c6ccc7c(c6)C(=O)N(C6CCC(=O)NC6=O)C7=O)CC5)CC4)cc3)CC2)cc1Cl. The maximum atomic E-state index is 13.6. The smallest absolute Gasteiger partial charge is 0.262 e. The molecule has 0 radical (unpaired) electrons. The second-order valence-electron chi connectivity index (χ2n) is 15.5. The summed E-state index contributed by atoms with van der Waals surface area (Å²) in [6, 6.07) is 19.1. The number of nitriles is 1. The van der Waals surface area contributed by atoms with E-state index in [9.17, 15) is 28.8 Å². The number of fused-ring (bicyclic) bond motifs is 1. The Hall–Kier alpha value is -5.74. The molecule has 57 heavy (non-hydrogen) atoms. The molecule has 0 bridgehead atoms. The number of hydrogen-bond donors (Lipinski definition) is 1. The average molecular weight is 791 g/mol. The number of halogens is 1. The van der Waals surface area contributed by atoms with Crippen molar-refractivity contribution < 1.29 is 33.5 Å². The van der Waals surface area contributed by atoms with E-state index in [4.69, 9.17) is 21.6 Å². The second kappa shape index (κ2) is 16.0. The fourth-order valence-corrected chi connectivity index (χ4v) is 9.05. The van der Waals surface area contributed by atoms with E-state index in [2.05, 4.69) is 10.2 Å². The van der Waals surface area contributed by atoms with Crippen molar-refractivity contribution in [3.05, 3.63) is 93.5 Å². The molecule has 0 aromatic heterocycles. The Morgan fingerprint density at radius 3 is 2.11 bits per heavy atom. The van der Waals surface area contributed by atoms with Crippen molar-refractivity contribution >= 4 is 52.7 Å². The van der Waals surface area contributed by atoms with E-state index >= 15 is 0 Å². The number of anilines is 1. The first-order chi connectivity index (χ1) is 27.6. The van der Waals surface area contributed by atoms with E-state index in [0.717, 1.165) is 23.4 Å². The standard InChI is InChI=1S/C43H43ClN6O7/c44-36-24-33(7-5-30(36)25-45)57-32-15-21-49(22-16-32)40(53)28-3-1-26(2-4-28)27-11-19-48(20-12-27)41(54)29-13-17-47(18-14-29)31-6-8-34-35(23-31)43(56)50(42(34)55)37-9-10-38(51)46-39(37)52/h1-8,23-24,27,29,32,37H,9-22H2,(H,46,51,52). The van der Waals surface area contributed by atoms with Crippen LogP contribution in [0.5, 0.6) is 5.75 Å². The van der Waals surface area contributed by atoms with Gasteiger partial charge in [0.25, 0.3) is 17.7 Å². The molecule has 14 heteroatoms. The van der Waals surface area contributed by atoms with Crippen LogP contribution in [0, 0.1) is 17.2 Å². The molecule has 5 heterocycles. The van der Waals surface area contributed by atoms with Crippen molar-refractivity contribution in [2.75, 3.05) is 44.2 Å². The van der Waals surface area contributed by atoms with Crippen LogP contribution in [0.2, 0.25) is 5.02 Å². The Morgan fingerprint density at radius 1 is 0.754 bits per heavy atom. The van der Waals surface area contributed by atoms with Gasteiger partial charge in [0, 0.05) is 81.8 Å². The topological polar surface area (TPSA) is 160 Å². The van der Waals surface area contributed by atoms with Gasteiger partial charge >= 0.3 is 0 Å². The fraction of sp³-hybridized carbons (Fsp3) is 0.419. The van der Waals surface area contributed by atoms with Gasteiger partial charge in [-0.2, -0.15) is 5.26 Å². The summed E-state index contributed by atoms with van der Waals surface area (Å²) < 4.78 is 6.08. The molecule has 1 unspecified atom stereocenters. The Labute approximate surface area is 335 Å². The van der Waals surface area contributed by atoms with Crippen LogP contribution in [-0.2, 0) is 14.4 Å². The van der Waals surface area contributed by atoms with E-state index < -0.39 is 29.7 Å². The van der Waals surface area contributed by atoms with Gasteiger partial charge in [0.15, 0.2) is 0 Å². The van der Waals surface area contributed by atoms with Gasteiger partial charge in [-0.25, -0.2) is 0 Å². The summed E-state index contributed by atoms with van der Waals surface area (Å²) in [7, 11) is 0. The van der Waals surface area contributed by atoms with Gasteiger partial charge in [0.05, 0.1) is 21.7 Å². The zero-order valence-corrected chi connectivity index (χ0v) is 32.2. The predicted molar refractivity (Wildman–Crippen MR) is 209 cm³/mol. The number of piperidine rings is 4. The van der Waals surface area contributed by atoms with Crippen molar-refractivity contribution in [1.29, 1.82) is 5.26 Å². The van der Waals surface area contributed by atoms with Gasteiger partial charge in [-0.15, -0.1) is 0 Å². The zero-order chi connectivity index (χ0) is 39.8. The molecule has 4 saturated heterocycles. The van der Waals surface area contributed by atoms with Crippen LogP contribution in [0.4, 0.5) is 5.69 Å². The van der Waals surface area contributed by atoms with Crippen LogP contribution < -0.4 is 15.0 Å². The third-order valence-electron chi connectivity index (χ3n) is 12.2. The Kier molecular flexibility index (Phi) is 10.7. The highest BCUT2D eigenvalue weighted by molar-refractivity contribution is 6.31. The second-order valence-corrected chi connectivity index (χ2v) is 15.9. The predicted octanol–water partition coefficient (Wildman–Crippen LogP) is 4.92. The van der Waals surface area contributed by atoms with Crippen molar-refractivity contribution in [2.24, 2.45) is 5.92 Å². The summed E-state index contributed by atoms with van der Waals surface area (Å²) in [6.07, 6.45) is 4.61. The number of imide groups is 2. The van der Waals surface area contributed by atoms with Gasteiger partial charge in [-0.05, 0) is 86.1 Å². The molecule has 4 fully saturated rings. The number of nitrogens with zero attached hydrogens (tertiary/aromatic N) is 5. The number of benzene rings is 3. The molecule has 13 nitrogen and oxygen atoms in total. The summed E-state index contributed by atoms with van der Waals surface area (Å²) >= 11 is 6.15. The van der Waals surface area contributed by atoms with Gasteiger partial charge in [-0.3, -0.25) is 39.0 Å². The van der Waals surface area contributed by atoms with Crippen LogP contribution in [0.3, 0.4) is 0 Å². The van der Waals surface area contributed by atoms with Crippen molar-refractivity contribution in [3.8, 4) is 11.8 Å². The largest absolute Gasteiger partial charge is 0.490 e. The number of nitrogens with one attached hydrogen (secondary N) is 1. The molecule has 0 saturated carbocycles. The molecule has 0 aliphatic carbocycles. The lowest BCUT2D eigenvalue weighted by atomic mass is 9.87. The van der Waals surface area contributed by atoms with Crippen molar-refractivity contribution in [2.45, 2.75) is 69.4 Å². The highest BCUT2D eigenvalue weighted by Crippen LogP contribution is 2.34. The lowest BCUT2D eigenvalue weighted by molar-refractivity contribution is -0.137. The minimum Gasteiger partial charge on any atom is -0.490 e. The van der Waals surface area contributed by atoms with Crippen LogP contribution in [0.25, 0.3) is 0 Å². The van der Waals surface area contributed by atoms with Crippen LogP contribution in [0.15, 0.2) is 60.7 Å². The maximum absolute atomic E-state index is 13.6. The number of hydrogen-bond acceptors (Lipinski definition) is 9. The van der Waals surface area contributed by atoms with E-state index in [1.165, 1.54) is 5.56 Å². The number of amides is 6. The summed E-state index contributed by atoms with van der Waals surface area (Å²) in [5, 5.41) is 11.7. The molecule has 8 rings (SSSR count). The lowest BCUT2D eigenvalue weighted by Crippen LogP contribution is -2.54. The Bertz CT molecular complexity index is 2160.